The molecule has 0 saturated heterocycles. The predicted octanol–water partition coefficient (Wildman–Crippen LogP) is 4.62. The maximum absolute atomic E-state index is 12.4. The molecule has 1 aliphatic rings. The summed E-state index contributed by atoms with van der Waals surface area (Å²) in [7, 11) is 0. The molecule has 108 valence electrons. The first kappa shape index (κ1) is 14.9. The van der Waals surface area contributed by atoms with Crippen LogP contribution < -0.4 is 5.32 Å². The second-order valence-corrected chi connectivity index (χ2v) is 6.24. The van der Waals surface area contributed by atoms with Gasteiger partial charge >= 0.3 is 6.18 Å². The summed E-state index contributed by atoms with van der Waals surface area (Å²) in [5.41, 5.74) is 1.36. The molecule has 0 amide bonds. The van der Waals surface area contributed by atoms with Crippen LogP contribution in [0.25, 0.3) is 0 Å². The van der Waals surface area contributed by atoms with Crippen molar-refractivity contribution in [1.29, 1.82) is 0 Å². The first-order valence-electron chi connectivity index (χ1n) is 6.91. The van der Waals surface area contributed by atoms with Gasteiger partial charge in [-0.15, -0.1) is 11.3 Å². The molecule has 1 atom stereocenters. The summed E-state index contributed by atoms with van der Waals surface area (Å²) in [6.45, 7) is 2.64. The van der Waals surface area contributed by atoms with E-state index in [4.69, 9.17) is 0 Å². The summed E-state index contributed by atoms with van der Waals surface area (Å²) in [5.74, 6) is 0. The largest absolute Gasteiger partial charge is 0.389 e. The van der Waals surface area contributed by atoms with Crippen molar-refractivity contribution >= 4 is 11.3 Å². The Hall–Kier alpha value is -0.550. The molecular formula is C14H20F3NS. The van der Waals surface area contributed by atoms with Crippen LogP contribution in [-0.2, 0) is 12.8 Å². The van der Waals surface area contributed by atoms with Gasteiger partial charge in [-0.3, -0.25) is 0 Å². The normalized spacial score (nSPS) is 17.3. The lowest BCUT2D eigenvalue weighted by atomic mass is 9.98. The lowest BCUT2D eigenvalue weighted by Gasteiger charge is -2.17. The van der Waals surface area contributed by atoms with E-state index in [0.717, 1.165) is 17.7 Å². The van der Waals surface area contributed by atoms with Crippen molar-refractivity contribution in [1.82, 2.24) is 5.32 Å². The molecule has 1 N–H and O–H groups in total. The third-order valence-electron chi connectivity index (χ3n) is 3.53. The number of hydrogen-bond donors (Lipinski definition) is 1. The fraction of sp³-hybridized carbons (Fsp3) is 0.714. The number of rotatable bonds is 5. The molecule has 1 aliphatic carbocycles. The van der Waals surface area contributed by atoms with Crippen molar-refractivity contribution in [2.24, 2.45) is 0 Å². The minimum absolute atomic E-state index is 0.136. The summed E-state index contributed by atoms with van der Waals surface area (Å²) in [5, 5.41) is 3.19. The van der Waals surface area contributed by atoms with E-state index in [0.29, 0.717) is 6.54 Å². The van der Waals surface area contributed by atoms with Crippen molar-refractivity contribution < 1.29 is 13.2 Å². The van der Waals surface area contributed by atoms with Crippen LogP contribution in [0.3, 0.4) is 0 Å². The van der Waals surface area contributed by atoms with Crippen LogP contribution in [0.1, 0.15) is 54.0 Å². The van der Waals surface area contributed by atoms with E-state index in [1.165, 1.54) is 23.3 Å². The molecule has 2 rings (SSSR count). The molecule has 1 heterocycles. The number of aryl methyl sites for hydroxylation is 2. The van der Waals surface area contributed by atoms with E-state index in [1.54, 1.807) is 11.3 Å². The molecule has 0 fully saturated rings. The van der Waals surface area contributed by atoms with E-state index >= 15 is 0 Å². The fourth-order valence-corrected chi connectivity index (χ4v) is 3.95. The van der Waals surface area contributed by atoms with Crippen molar-refractivity contribution in [2.45, 2.75) is 57.7 Å². The quantitative estimate of drug-likeness (QED) is 0.834. The highest BCUT2D eigenvalue weighted by Gasteiger charge is 2.29. The summed E-state index contributed by atoms with van der Waals surface area (Å²) in [6, 6.07) is 1.98. The Morgan fingerprint density at radius 1 is 1.32 bits per heavy atom. The molecule has 1 aromatic heterocycles. The Balaban J connectivity index is 2.07. The van der Waals surface area contributed by atoms with Gasteiger partial charge in [0.2, 0.25) is 0 Å². The number of nitrogens with one attached hydrogen (secondary N) is 1. The third-order valence-corrected chi connectivity index (χ3v) is 4.88. The van der Waals surface area contributed by atoms with Gasteiger partial charge < -0.3 is 5.32 Å². The van der Waals surface area contributed by atoms with E-state index in [1.807, 2.05) is 6.92 Å². The molecule has 0 spiro atoms. The third kappa shape index (κ3) is 4.21. The molecule has 19 heavy (non-hydrogen) atoms. The van der Waals surface area contributed by atoms with E-state index in [2.05, 4.69) is 11.4 Å². The number of alkyl halides is 3. The smallest absolute Gasteiger partial charge is 0.310 e. The highest BCUT2D eigenvalue weighted by Crippen LogP contribution is 2.35. The van der Waals surface area contributed by atoms with E-state index in [-0.39, 0.29) is 12.5 Å². The molecule has 0 radical (unpaired) electrons. The van der Waals surface area contributed by atoms with Crippen molar-refractivity contribution in [2.75, 3.05) is 6.54 Å². The average Bonchev–Trinajstić information content (AvgIpc) is 2.76. The van der Waals surface area contributed by atoms with Crippen LogP contribution >= 0.6 is 11.3 Å². The van der Waals surface area contributed by atoms with Crippen molar-refractivity contribution in [3.63, 3.8) is 0 Å². The average molecular weight is 291 g/mol. The van der Waals surface area contributed by atoms with Crippen LogP contribution in [-0.4, -0.2) is 12.7 Å². The Labute approximate surface area is 116 Å². The molecular weight excluding hydrogens is 271 g/mol. The van der Waals surface area contributed by atoms with Gasteiger partial charge in [-0.1, -0.05) is 6.92 Å². The lowest BCUT2D eigenvalue weighted by molar-refractivity contribution is -0.136. The molecule has 1 nitrogen and oxygen atoms in total. The number of hydrogen-bond acceptors (Lipinski definition) is 2. The van der Waals surface area contributed by atoms with Crippen LogP contribution in [0.4, 0.5) is 13.2 Å². The minimum Gasteiger partial charge on any atom is -0.310 e. The van der Waals surface area contributed by atoms with Gasteiger partial charge in [0.1, 0.15) is 0 Å². The highest BCUT2D eigenvalue weighted by atomic mass is 32.1. The van der Waals surface area contributed by atoms with Crippen LogP contribution in [0.5, 0.6) is 0 Å². The number of halogens is 3. The number of fused-ring (bicyclic) bond motifs is 1. The van der Waals surface area contributed by atoms with Crippen LogP contribution in [0.2, 0.25) is 0 Å². The zero-order valence-electron chi connectivity index (χ0n) is 11.1. The predicted molar refractivity (Wildman–Crippen MR) is 72.7 cm³/mol. The maximum atomic E-state index is 12.4. The van der Waals surface area contributed by atoms with Gasteiger partial charge in [0.15, 0.2) is 0 Å². The monoisotopic (exact) mass is 291 g/mol. The fourth-order valence-electron chi connectivity index (χ4n) is 2.58. The van der Waals surface area contributed by atoms with Crippen molar-refractivity contribution in [3.8, 4) is 0 Å². The lowest BCUT2D eigenvalue weighted by Crippen LogP contribution is -2.22. The molecule has 5 heteroatoms. The first-order chi connectivity index (χ1) is 8.99. The van der Waals surface area contributed by atoms with Crippen molar-refractivity contribution in [3.05, 3.63) is 21.4 Å². The molecule has 0 bridgehead atoms. The first-order valence-corrected chi connectivity index (χ1v) is 7.73. The summed E-state index contributed by atoms with van der Waals surface area (Å²) in [4.78, 5) is 2.47. The van der Waals surface area contributed by atoms with Gasteiger partial charge in [-0.2, -0.15) is 13.2 Å². The Morgan fingerprint density at radius 2 is 2.05 bits per heavy atom. The Bertz CT molecular complexity index is 388. The standard InChI is InChI=1S/C14H20F3NS/c1-2-18-11(7-8-14(15,16)17)13-9-10-5-3-4-6-12(10)19-13/h9,11,18H,2-8H2,1H3. The van der Waals surface area contributed by atoms with Gasteiger partial charge in [-0.25, -0.2) is 0 Å². The molecule has 0 aliphatic heterocycles. The van der Waals surface area contributed by atoms with E-state index < -0.39 is 12.6 Å². The summed E-state index contributed by atoms with van der Waals surface area (Å²) in [6.07, 6.45) is -0.0461. The Kier molecular flexibility index (Phi) is 4.90. The molecule has 0 saturated carbocycles. The highest BCUT2D eigenvalue weighted by molar-refractivity contribution is 7.12. The zero-order valence-corrected chi connectivity index (χ0v) is 12.0. The second-order valence-electron chi connectivity index (χ2n) is 5.07. The van der Waals surface area contributed by atoms with E-state index in [9.17, 15) is 13.2 Å². The molecule has 0 aromatic carbocycles. The summed E-state index contributed by atoms with van der Waals surface area (Å²) >= 11 is 1.70. The second kappa shape index (κ2) is 6.27. The van der Waals surface area contributed by atoms with Gasteiger partial charge in [0.05, 0.1) is 0 Å². The van der Waals surface area contributed by atoms with Crippen LogP contribution in [0, 0.1) is 0 Å². The molecule has 1 unspecified atom stereocenters. The van der Waals surface area contributed by atoms with Gasteiger partial charge in [0.25, 0.3) is 0 Å². The zero-order chi connectivity index (χ0) is 13.9. The van der Waals surface area contributed by atoms with Gasteiger partial charge in [-0.05, 0) is 50.3 Å². The van der Waals surface area contributed by atoms with Gasteiger partial charge in [0, 0.05) is 22.2 Å². The topological polar surface area (TPSA) is 12.0 Å². The van der Waals surface area contributed by atoms with Crippen LogP contribution in [0.15, 0.2) is 6.07 Å². The SMILES string of the molecule is CCNC(CCC(F)(F)F)c1cc2c(s1)CCCC2. The summed E-state index contributed by atoms with van der Waals surface area (Å²) < 4.78 is 37.1. The maximum Gasteiger partial charge on any atom is 0.389 e. The Morgan fingerprint density at radius 3 is 2.68 bits per heavy atom. The molecule has 1 aromatic rings. The minimum atomic E-state index is -4.06. The number of thiophene rings is 1.